The number of para-hydroxylation sites is 1. The smallest absolute Gasteiger partial charge is 0.225 e. The van der Waals surface area contributed by atoms with Crippen LogP contribution >= 0.6 is 15.9 Å². The number of carbonyl (C=O) groups is 1. The first kappa shape index (κ1) is 19.2. The van der Waals surface area contributed by atoms with E-state index in [1.54, 1.807) is 7.05 Å². The number of hydrogen-bond donors (Lipinski definition) is 3. The largest absolute Gasteiger partial charge is 0.492 e. The topological polar surface area (TPSA) is 74.8 Å². The third-order valence-corrected chi connectivity index (χ3v) is 4.85. The van der Waals surface area contributed by atoms with Crippen LogP contribution in [0.25, 0.3) is 0 Å². The molecule has 3 rings (SSSR count). The molecule has 1 unspecified atom stereocenters. The molecule has 27 heavy (non-hydrogen) atoms. The Hall–Kier alpha value is -2.54. The average Bonchev–Trinajstić information content (AvgIpc) is 2.68. The van der Waals surface area contributed by atoms with Crippen LogP contribution in [0.2, 0.25) is 0 Å². The van der Waals surface area contributed by atoms with Crippen molar-refractivity contribution in [3.05, 3.63) is 58.6 Å². The van der Waals surface area contributed by atoms with Crippen LogP contribution in [-0.2, 0) is 4.79 Å². The van der Waals surface area contributed by atoms with Crippen LogP contribution in [0.1, 0.15) is 17.9 Å². The van der Waals surface area contributed by atoms with E-state index in [0.717, 1.165) is 21.5 Å². The molecule has 7 heteroatoms. The number of ether oxygens (including phenoxy) is 1. The average molecular weight is 431 g/mol. The standard InChI is InChI=1S/C20H23BrN4O2/c1-22-20(23-10-11-27-16-8-6-15(21)7-9-16)24-13-14-12-19(26)25-18-5-3-2-4-17(14)18/h2-9,14H,10-13H2,1H3,(H,25,26)(H2,22,23,24). The number of hydrogen-bond acceptors (Lipinski definition) is 3. The monoisotopic (exact) mass is 430 g/mol. The van der Waals surface area contributed by atoms with Crippen LogP contribution in [0.15, 0.2) is 58.0 Å². The van der Waals surface area contributed by atoms with Crippen LogP contribution in [0.3, 0.4) is 0 Å². The molecule has 1 heterocycles. The van der Waals surface area contributed by atoms with Gasteiger partial charge in [0.1, 0.15) is 12.4 Å². The highest BCUT2D eigenvalue weighted by molar-refractivity contribution is 9.10. The second-order valence-corrected chi connectivity index (χ2v) is 7.13. The first-order chi connectivity index (χ1) is 13.2. The summed E-state index contributed by atoms with van der Waals surface area (Å²) >= 11 is 3.40. The molecule has 0 bridgehead atoms. The van der Waals surface area contributed by atoms with E-state index in [0.29, 0.717) is 32.1 Å². The number of amides is 1. The molecule has 1 aliphatic heterocycles. The van der Waals surface area contributed by atoms with Crippen molar-refractivity contribution in [2.24, 2.45) is 4.99 Å². The maximum Gasteiger partial charge on any atom is 0.225 e. The predicted molar refractivity (Wildman–Crippen MR) is 111 cm³/mol. The van der Waals surface area contributed by atoms with Gasteiger partial charge in [0, 0.05) is 36.1 Å². The Labute approximate surface area is 167 Å². The van der Waals surface area contributed by atoms with Crippen molar-refractivity contribution in [2.75, 3.05) is 32.1 Å². The zero-order chi connectivity index (χ0) is 19.1. The fraction of sp³-hybridized carbons (Fsp3) is 0.300. The van der Waals surface area contributed by atoms with Gasteiger partial charge in [-0.15, -0.1) is 0 Å². The van der Waals surface area contributed by atoms with Crippen LogP contribution in [0, 0.1) is 0 Å². The molecule has 2 aromatic carbocycles. The van der Waals surface area contributed by atoms with Crippen molar-refractivity contribution >= 4 is 33.5 Å². The summed E-state index contributed by atoms with van der Waals surface area (Å²) in [5.74, 6) is 1.68. The van der Waals surface area contributed by atoms with E-state index in [9.17, 15) is 4.79 Å². The predicted octanol–water partition coefficient (Wildman–Crippen LogP) is 3.12. The Bertz CT molecular complexity index is 808. The lowest BCUT2D eigenvalue weighted by molar-refractivity contribution is -0.116. The van der Waals surface area contributed by atoms with Gasteiger partial charge in [-0.1, -0.05) is 34.1 Å². The summed E-state index contributed by atoms with van der Waals surface area (Å²) in [4.78, 5) is 16.1. The number of rotatable bonds is 6. The molecule has 0 aromatic heterocycles. The first-order valence-electron chi connectivity index (χ1n) is 8.87. The van der Waals surface area contributed by atoms with Gasteiger partial charge in [-0.25, -0.2) is 0 Å². The van der Waals surface area contributed by atoms with Crippen molar-refractivity contribution in [3.8, 4) is 5.75 Å². The van der Waals surface area contributed by atoms with Crippen LogP contribution in [0.4, 0.5) is 5.69 Å². The molecule has 1 aliphatic rings. The van der Waals surface area contributed by atoms with Gasteiger partial charge in [0.25, 0.3) is 0 Å². The van der Waals surface area contributed by atoms with Gasteiger partial charge in [-0.3, -0.25) is 9.79 Å². The summed E-state index contributed by atoms with van der Waals surface area (Å²) in [5, 5.41) is 9.45. The van der Waals surface area contributed by atoms with E-state index in [1.807, 2.05) is 42.5 Å². The van der Waals surface area contributed by atoms with E-state index in [-0.39, 0.29) is 11.8 Å². The second kappa shape index (κ2) is 9.41. The number of guanidine groups is 1. The highest BCUT2D eigenvalue weighted by Gasteiger charge is 2.24. The van der Waals surface area contributed by atoms with Crippen molar-refractivity contribution in [3.63, 3.8) is 0 Å². The van der Waals surface area contributed by atoms with Crippen LogP contribution < -0.4 is 20.7 Å². The summed E-state index contributed by atoms with van der Waals surface area (Å²) in [7, 11) is 1.73. The summed E-state index contributed by atoms with van der Waals surface area (Å²) in [6.07, 6.45) is 0.466. The van der Waals surface area contributed by atoms with E-state index in [2.05, 4.69) is 42.9 Å². The van der Waals surface area contributed by atoms with Gasteiger partial charge >= 0.3 is 0 Å². The number of fused-ring (bicyclic) bond motifs is 1. The van der Waals surface area contributed by atoms with Gasteiger partial charge in [-0.2, -0.15) is 0 Å². The van der Waals surface area contributed by atoms with Gasteiger partial charge < -0.3 is 20.7 Å². The fourth-order valence-electron chi connectivity index (χ4n) is 2.99. The van der Waals surface area contributed by atoms with E-state index in [1.165, 1.54) is 0 Å². The van der Waals surface area contributed by atoms with Crippen LogP contribution in [-0.4, -0.2) is 38.6 Å². The van der Waals surface area contributed by atoms with Gasteiger partial charge in [0.15, 0.2) is 5.96 Å². The number of anilines is 1. The van der Waals surface area contributed by atoms with Crippen molar-refractivity contribution in [1.29, 1.82) is 0 Å². The van der Waals surface area contributed by atoms with E-state index >= 15 is 0 Å². The Kier molecular flexibility index (Phi) is 6.70. The van der Waals surface area contributed by atoms with E-state index in [4.69, 9.17) is 4.74 Å². The lowest BCUT2D eigenvalue weighted by Gasteiger charge is -2.26. The molecule has 2 aromatic rings. The third-order valence-electron chi connectivity index (χ3n) is 4.32. The molecule has 0 fully saturated rings. The summed E-state index contributed by atoms with van der Waals surface area (Å²) < 4.78 is 6.72. The molecule has 142 valence electrons. The maximum absolute atomic E-state index is 11.9. The quantitative estimate of drug-likeness (QED) is 0.373. The number of nitrogens with zero attached hydrogens (tertiary/aromatic N) is 1. The molecule has 0 saturated heterocycles. The minimum absolute atomic E-state index is 0.0475. The number of benzene rings is 2. The number of halogens is 1. The van der Waals surface area contributed by atoms with Gasteiger partial charge in [-0.05, 0) is 35.9 Å². The van der Waals surface area contributed by atoms with Gasteiger partial charge in [0.05, 0.1) is 6.54 Å². The zero-order valence-corrected chi connectivity index (χ0v) is 16.8. The fourth-order valence-corrected chi connectivity index (χ4v) is 3.26. The van der Waals surface area contributed by atoms with Crippen molar-refractivity contribution in [1.82, 2.24) is 10.6 Å². The summed E-state index contributed by atoms with van der Waals surface area (Å²) in [6, 6.07) is 15.7. The van der Waals surface area contributed by atoms with Crippen LogP contribution in [0.5, 0.6) is 5.75 Å². The second-order valence-electron chi connectivity index (χ2n) is 6.22. The summed E-state index contributed by atoms with van der Waals surface area (Å²) in [5.41, 5.74) is 2.05. The molecule has 0 spiro atoms. The molecule has 0 saturated carbocycles. The Morgan fingerprint density at radius 3 is 2.78 bits per heavy atom. The molecule has 1 amide bonds. The summed E-state index contributed by atoms with van der Waals surface area (Å²) in [6.45, 7) is 1.78. The molecule has 1 atom stereocenters. The lowest BCUT2D eigenvalue weighted by atomic mass is 9.90. The number of aliphatic imine (C=N–C) groups is 1. The molecule has 0 radical (unpaired) electrons. The van der Waals surface area contributed by atoms with E-state index < -0.39 is 0 Å². The molecule has 6 nitrogen and oxygen atoms in total. The molecular weight excluding hydrogens is 408 g/mol. The first-order valence-corrected chi connectivity index (χ1v) is 9.66. The number of carbonyl (C=O) groups excluding carboxylic acids is 1. The normalized spacial score (nSPS) is 16.3. The highest BCUT2D eigenvalue weighted by Crippen LogP contribution is 2.31. The Morgan fingerprint density at radius 2 is 2.00 bits per heavy atom. The molecular formula is C20H23BrN4O2. The molecule has 0 aliphatic carbocycles. The number of nitrogens with one attached hydrogen (secondary N) is 3. The van der Waals surface area contributed by atoms with Gasteiger partial charge in [0.2, 0.25) is 5.91 Å². The minimum atomic E-state index is 0.0475. The zero-order valence-electron chi connectivity index (χ0n) is 15.2. The Balaban J connectivity index is 1.45. The van der Waals surface area contributed by atoms with Crippen molar-refractivity contribution in [2.45, 2.75) is 12.3 Å². The van der Waals surface area contributed by atoms with Crippen molar-refractivity contribution < 1.29 is 9.53 Å². The minimum Gasteiger partial charge on any atom is -0.492 e. The lowest BCUT2D eigenvalue weighted by Crippen LogP contribution is -2.42. The third kappa shape index (κ3) is 5.47. The maximum atomic E-state index is 11.9. The Morgan fingerprint density at radius 1 is 1.22 bits per heavy atom. The molecule has 3 N–H and O–H groups in total. The highest BCUT2D eigenvalue weighted by atomic mass is 79.9. The SMILES string of the molecule is CN=C(NCCOc1ccc(Br)cc1)NCC1CC(=O)Nc2ccccc21.